The monoisotopic (exact) mass is 392 g/mol. The molecule has 0 N–H and O–H groups in total. The minimum absolute atomic E-state index is 0.186. The molecule has 0 radical (unpaired) electrons. The van der Waals surface area contributed by atoms with Crippen molar-refractivity contribution in [2.24, 2.45) is 0 Å². The first-order valence-corrected chi connectivity index (χ1v) is 8.08. The van der Waals surface area contributed by atoms with E-state index in [4.69, 9.17) is 21.1 Å². The number of hydrogen-bond acceptors (Lipinski definition) is 3. The van der Waals surface area contributed by atoms with Crippen LogP contribution in [-0.2, 0) is 14.3 Å². The van der Waals surface area contributed by atoms with Gasteiger partial charge in [0, 0.05) is 16.0 Å². The quantitative estimate of drug-likeness (QED) is 0.341. The second-order valence-electron chi connectivity index (χ2n) is 4.10. The van der Waals surface area contributed by atoms with Crippen molar-refractivity contribution >= 4 is 49.4 Å². The van der Waals surface area contributed by atoms with Gasteiger partial charge in [0.2, 0.25) is 0 Å². The zero-order valence-electron chi connectivity index (χ0n) is 10.2. The molecule has 0 aliphatic carbocycles. The molecule has 0 aliphatic heterocycles. The van der Waals surface area contributed by atoms with Crippen molar-refractivity contribution in [2.75, 3.05) is 24.4 Å². The van der Waals surface area contributed by atoms with Gasteiger partial charge in [0.1, 0.15) is 0 Å². The second kappa shape index (κ2) is 9.59. The largest absolute Gasteiger partial charge is 0.464 e. The molecule has 0 aliphatic rings. The van der Waals surface area contributed by atoms with E-state index in [9.17, 15) is 4.79 Å². The third-order valence-electron chi connectivity index (χ3n) is 2.05. The van der Waals surface area contributed by atoms with Crippen molar-refractivity contribution in [3.8, 4) is 0 Å². The van der Waals surface area contributed by atoms with Gasteiger partial charge < -0.3 is 9.47 Å². The molecular formula is C11H19Br2ClO3. The van der Waals surface area contributed by atoms with E-state index in [1.807, 2.05) is 0 Å². The first kappa shape index (κ1) is 17.7. The summed E-state index contributed by atoms with van der Waals surface area (Å²) in [4.78, 5) is 11.9. The highest BCUT2D eigenvalue weighted by Crippen LogP contribution is 2.15. The van der Waals surface area contributed by atoms with Gasteiger partial charge in [-0.2, -0.15) is 0 Å². The molecule has 0 spiro atoms. The fourth-order valence-electron chi connectivity index (χ4n) is 0.937. The molecule has 1 atom stereocenters. The first-order valence-electron chi connectivity index (χ1n) is 5.51. The van der Waals surface area contributed by atoms with Gasteiger partial charge in [-0.1, -0.05) is 31.9 Å². The highest BCUT2D eigenvalue weighted by molar-refractivity contribution is 9.12. The highest BCUT2D eigenvalue weighted by atomic mass is 79.9. The molecule has 0 fully saturated rings. The van der Waals surface area contributed by atoms with Crippen LogP contribution in [0.5, 0.6) is 0 Å². The molecule has 0 rings (SSSR count). The molecule has 0 amide bonds. The van der Waals surface area contributed by atoms with Crippen LogP contribution in [0.25, 0.3) is 0 Å². The fourth-order valence-corrected chi connectivity index (χ4v) is 1.45. The summed E-state index contributed by atoms with van der Waals surface area (Å²) in [6.07, 6.45) is 1.64. The number of ether oxygens (including phenoxy) is 2. The number of hydrogen-bond donors (Lipinski definition) is 0. The Morgan fingerprint density at radius 2 is 2.06 bits per heavy atom. The van der Waals surface area contributed by atoms with Crippen molar-refractivity contribution in [2.45, 2.75) is 37.1 Å². The lowest BCUT2D eigenvalue weighted by atomic mass is 10.1. The van der Waals surface area contributed by atoms with E-state index in [-0.39, 0.29) is 10.8 Å². The SMILES string of the molecule is CC(C)(OCC(Br)CBr)C(=O)OCCCCCl. The van der Waals surface area contributed by atoms with Gasteiger partial charge in [-0.15, -0.1) is 11.6 Å². The van der Waals surface area contributed by atoms with Crippen LogP contribution in [0, 0.1) is 0 Å². The Balaban J connectivity index is 3.90. The van der Waals surface area contributed by atoms with Crippen LogP contribution in [0.15, 0.2) is 0 Å². The van der Waals surface area contributed by atoms with E-state index in [0.717, 1.165) is 18.2 Å². The van der Waals surface area contributed by atoms with Crippen LogP contribution in [-0.4, -0.2) is 40.8 Å². The molecule has 0 saturated heterocycles. The summed E-state index contributed by atoms with van der Waals surface area (Å²) in [5.41, 5.74) is -0.908. The third kappa shape index (κ3) is 8.41. The zero-order valence-corrected chi connectivity index (χ0v) is 14.1. The number of carbonyl (C=O) groups excluding carboxylic acids is 1. The number of carbonyl (C=O) groups is 1. The summed E-state index contributed by atoms with van der Waals surface area (Å²) >= 11 is 12.3. The summed E-state index contributed by atoms with van der Waals surface area (Å²) in [7, 11) is 0. The number of unbranched alkanes of at least 4 members (excludes halogenated alkanes) is 1. The molecule has 17 heavy (non-hydrogen) atoms. The molecule has 0 bridgehead atoms. The van der Waals surface area contributed by atoms with Gasteiger partial charge in [-0.3, -0.25) is 0 Å². The van der Waals surface area contributed by atoms with E-state index in [2.05, 4.69) is 31.9 Å². The molecule has 1 unspecified atom stereocenters. The number of rotatable bonds is 9. The van der Waals surface area contributed by atoms with E-state index < -0.39 is 5.60 Å². The zero-order chi connectivity index (χ0) is 13.3. The van der Waals surface area contributed by atoms with Crippen molar-refractivity contribution in [1.29, 1.82) is 0 Å². The van der Waals surface area contributed by atoms with Crippen LogP contribution in [0.3, 0.4) is 0 Å². The molecular weight excluding hydrogens is 375 g/mol. The van der Waals surface area contributed by atoms with Gasteiger partial charge in [0.05, 0.1) is 13.2 Å². The van der Waals surface area contributed by atoms with E-state index in [1.54, 1.807) is 13.8 Å². The average Bonchev–Trinajstić information content (AvgIpc) is 2.31. The van der Waals surface area contributed by atoms with Crippen molar-refractivity contribution in [3.05, 3.63) is 0 Å². The van der Waals surface area contributed by atoms with Gasteiger partial charge in [-0.05, 0) is 26.7 Å². The number of halogens is 3. The van der Waals surface area contributed by atoms with Crippen LogP contribution < -0.4 is 0 Å². The summed E-state index contributed by atoms with van der Waals surface area (Å²) in [5.74, 6) is 0.259. The average molecular weight is 395 g/mol. The van der Waals surface area contributed by atoms with E-state index in [0.29, 0.717) is 19.1 Å². The Morgan fingerprint density at radius 3 is 2.59 bits per heavy atom. The Kier molecular flexibility index (Phi) is 9.97. The lowest BCUT2D eigenvalue weighted by molar-refractivity contribution is -0.168. The van der Waals surface area contributed by atoms with Crippen LogP contribution in [0.2, 0.25) is 0 Å². The van der Waals surface area contributed by atoms with Crippen LogP contribution >= 0.6 is 43.5 Å². The van der Waals surface area contributed by atoms with Gasteiger partial charge >= 0.3 is 5.97 Å². The summed E-state index contributed by atoms with van der Waals surface area (Å²) in [6, 6.07) is 0. The standard InChI is InChI=1S/C11H19Br2ClO3/c1-11(2,17-8-9(13)7-12)10(15)16-6-4-3-5-14/h9H,3-8H2,1-2H3. The molecule has 0 aromatic heterocycles. The Labute approximate surface area is 125 Å². The van der Waals surface area contributed by atoms with Crippen molar-refractivity contribution in [1.82, 2.24) is 0 Å². The first-order chi connectivity index (χ1) is 7.94. The van der Waals surface area contributed by atoms with Gasteiger partial charge in [0.25, 0.3) is 0 Å². The summed E-state index contributed by atoms with van der Waals surface area (Å²) in [5, 5.41) is 0.772. The van der Waals surface area contributed by atoms with E-state index >= 15 is 0 Å². The summed E-state index contributed by atoms with van der Waals surface area (Å²) in [6.45, 7) is 4.28. The Hall–Kier alpha value is 0.680. The predicted molar refractivity (Wildman–Crippen MR) is 77.5 cm³/mol. The summed E-state index contributed by atoms with van der Waals surface area (Å²) < 4.78 is 10.6. The maximum absolute atomic E-state index is 11.7. The minimum atomic E-state index is -0.908. The number of alkyl halides is 3. The van der Waals surface area contributed by atoms with Crippen LogP contribution in [0.1, 0.15) is 26.7 Å². The molecule has 0 aromatic rings. The molecule has 0 aromatic carbocycles. The minimum Gasteiger partial charge on any atom is -0.464 e. The molecule has 102 valence electrons. The van der Waals surface area contributed by atoms with Crippen LogP contribution in [0.4, 0.5) is 0 Å². The molecule has 6 heteroatoms. The molecule has 0 saturated carbocycles. The smallest absolute Gasteiger partial charge is 0.337 e. The third-order valence-corrected chi connectivity index (χ3v) is 4.55. The maximum atomic E-state index is 11.7. The number of esters is 1. The Bertz CT molecular complexity index is 225. The van der Waals surface area contributed by atoms with Gasteiger partial charge in [-0.25, -0.2) is 4.79 Å². The lowest BCUT2D eigenvalue weighted by Crippen LogP contribution is -2.38. The predicted octanol–water partition coefficient (Wildman–Crippen LogP) is 3.50. The lowest BCUT2D eigenvalue weighted by Gasteiger charge is -2.24. The Morgan fingerprint density at radius 1 is 1.41 bits per heavy atom. The molecule has 0 heterocycles. The van der Waals surface area contributed by atoms with E-state index in [1.165, 1.54) is 0 Å². The molecule has 3 nitrogen and oxygen atoms in total. The van der Waals surface area contributed by atoms with Gasteiger partial charge in [0.15, 0.2) is 5.60 Å². The second-order valence-corrected chi connectivity index (χ2v) is 6.43. The normalized spacial score (nSPS) is 13.5. The fraction of sp³-hybridized carbons (Fsp3) is 0.909. The van der Waals surface area contributed by atoms with Crippen molar-refractivity contribution in [3.63, 3.8) is 0 Å². The maximum Gasteiger partial charge on any atom is 0.337 e. The topological polar surface area (TPSA) is 35.5 Å². The highest BCUT2D eigenvalue weighted by Gasteiger charge is 2.30. The van der Waals surface area contributed by atoms with Crippen molar-refractivity contribution < 1.29 is 14.3 Å².